The third-order valence-corrected chi connectivity index (χ3v) is 2.91. The Labute approximate surface area is 108 Å². The zero-order valence-corrected chi connectivity index (χ0v) is 10.2. The minimum Gasteiger partial charge on any atom is -0.381 e. The Bertz CT molecular complexity index is 476. The number of hydrogen-bond donors (Lipinski definition) is 1. The van der Waals surface area contributed by atoms with E-state index in [0.717, 1.165) is 11.3 Å². The fourth-order valence-electron chi connectivity index (χ4n) is 1.38. The van der Waals surface area contributed by atoms with Crippen molar-refractivity contribution in [1.29, 1.82) is 0 Å². The van der Waals surface area contributed by atoms with Crippen molar-refractivity contribution in [2.45, 2.75) is 17.2 Å². The highest BCUT2D eigenvalue weighted by molar-refractivity contribution is 7.99. The van der Waals surface area contributed by atoms with Gasteiger partial charge in [-0.05, 0) is 24.3 Å². The van der Waals surface area contributed by atoms with Gasteiger partial charge in [-0.25, -0.2) is 9.97 Å². The summed E-state index contributed by atoms with van der Waals surface area (Å²) < 4.78 is 24.2. The second-order valence-electron chi connectivity index (χ2n) is 3.50. The van der Waals surface area contributed by atoms with Gasteiger partial charge in [0.15, 0.2) is 0 Å². The highest BCUT2D eigenvalue weighted by Crippen LogP contribution is 2.26. The van der Waals surface area contributed by atoms with Crippen LogP contribution in [0.5, 0.6) is 0 Å². The number of hydrogen-bond acceptors (Lipinski definition) is 4. The predicted molar refractivity (Wildman–Crippen MR) is 67.7 cm³/mol. The molecule has 0 saturated carbocycles. The summed E-state index contributed by atoms with van der Waals surface area (Å²) in [6, 6.07) is 6.88. The molecule has 0 aliphatic carbocycles. The fourth-order valence-corrected chi connectivity index (χ4v) is 1.88. The fraction of sp³-hybridized carbons (Fsp3) is 0.167. The summed E-state index contributed by atoms with van der Waals surface area (Å²) >= 11 is 0.540. The second kappa shape index (κ2) is 6.30. The molecule has 2 rings (SSSR count). The maximum Gasteiger partial charge on any atom is 0.288 e. The van der Waals surface area contributed by atoms with E-state index in [1.807, 2.05) is 0 Å². The van der Waals surface area contributed by atoms with Gasteiger partial charge in [0.25, 0.3) is 5.76 Å². The number of nitrogens with one attached hydrogen (secondary N) is 1. The molecule has 1 heterocycles. The lowest BCUT2D eigenvalue weighted by atomic mass is 10.3. The number of anilines is 1. The number of nitrogens with zero attached hydrogens (tertiary/aromatic N) is 2. The van der Waals surface area contributed by atoms with E-state index in [-0.39, 0.29) is 0 Å². The molecule has 0 unspecified atom stereocenters. The summed E-state index contributed by atoms with van der Waals surface area (Å²) in [6.07, 6.45) is 4.92. The van der Waals surface area contributed by atoms with Crippen molar-refractivity contribution >= 4 is 17.4 Å². The smallest absolute Gasteiger partial charge is 0.288 e. The standard InChI is InChI=1S/C12H11F2N3S/c13-12(14)18-11-3-1-10(2-4-11)17-7-9-5-15-8-16-6-9/h1-6,8,12,17H,7H2. The Morgan fingerprint density at radius 3 is 2.39 bits per heavy atom. The maximum absolute atomic E-state index is 12.1. The van der Waals surface area contributed by atoms with Crippen LogP contribution in [0.15, 0.2) is 47.9 Å². The lowest BCUT2D eigenvalue weighted by Crippen LogP contribution is -2.00. The molecule has 0 spiro atoms. The number of alkyl halides is 2. The number of thioether (sulfide) groups is 1. The molecule has 0 amide bonds. The molecule has 0 saturated heterocycles. The highest BCUT2D eigenvalue weighted by atomic mass is 32.2. The largest absolute Gasteiger partial charge is 0.381 e. The van der Waals surface area contributed by atoms with Gasteiger partial charge in [0, 0.05) is 35.1 Å². The Morgan fingerprint density at radius 2 is 1.78 bits per heavy atom. The van der Waals surface area contributed by atoms with Gasteiger partial charge in [0.05, 0.1) is 0 Å². The minimum absolute atomic E-state index is 0.540. The normalized spacial score (nSPS) is 10.6. The van der Waals surface area contributed by atoms with Crippen LogP contribution in [0, 0.1) is 0 Å². The summed E-state index contributed by atoms with van der Waals surface area (Å²) in [4.78, 5) is 8.37. The SMILES string of the molecule is FC(F)Sc1ccc(NCc2cncnc2)cc1. The lowest BCUT2D eigenvalue weighted by molar-refractivity contribution is 0.252. The predicted octanol–water partition coefficient (Wildman–Crippen LogP) is 3.40. The Balaban J connectivity index is 1.90. The van der Waals surface area contributed by atoms with Crippen LogP contribution in [0.4, 0.5) is 14.5 Å². The van der Waals surface area contributed by atoms with Gasteiger partial charge < -0.3 is 5.32 Å². The number of rotatable bonds is 5. The Morgan fingerprint density at radius 1 is 1.11 bits per heavy atom. The summed E-state index contributed by atoms with van der Waals surface area (Å²) in [5, 5.41) is 3.16. The molecule has 3 nitrogen and oxygen atoms in total. The summed E-state index contributed by atoms with van der Waals surface area (Å²) in [6.45, 7) is 0.599. The number of benzene rings is 1. The molecule has 0 aliphatic heterocycles. The van der Waals surface area contributed by atoms with Crippen LogP contribution in [-0.2, 0) is 6.54 Å². The zero-order valence-electron chi connectivity index (χ0n) is 9.38. The highest BCUT2D eigenvalue weighted by Gasteiger charge is 2.04. The average Bonchev–Trinajstić information content (AvgIpc) is 2.38. The van der Waals surface area contributed by atoms with E-state index in [1.54, 1.807) is 36.7 Å². The molecule has 0 atom stereocenters. The molecule has 18 heavy (non-hydrogen) atoms. The molecule has 0 bridgehead atoms. The van der Waals surface area contributed by atoms with Crippen molar-refractivity contribution in [2.24, 2.45) is 0 Å². The van der Waals surface area contributed by atoms with Crippen LogP contribution in [0.3, 0.4) is 0 Å². The van der Waals surface area contributed by atoms with E-state index in [1.165, 1.54) is 6.33 Å². The first-order valence-corrected chi connectivity index (χ1v) is 6.14. The number of aromatic nitrogens is 2. The molecule has 0 aliphatic rings. The molecule has 1 N–H and O–H groups in total. The van der Waals surface area contributed by atoms with Gasteiger partial charge in [0.1, 0.15) is 6.33 Å². The second-order valence-corrected chi connectivity index (χ2v) is 4.57. The first-order valence-electron chi connectivity index (χ1n) is 5.26. The third kappa shape index (κ3) is 3.96. The van der Waals surface area contributed by atoms with Gasteiger partial charge in [-0.3, -0.25) is 0 Å². The molecule has 1 aromatic heterocycles. The van der Waals surface area contributed by atoms with E-state index < -0.39 is 5.76 Å². The van der Waals surface area contributed by atoms with Crippen molar-refractivity contribution in [3.05, 3.63) is 48.5 Å². The summed E-state index contributed by atoms with van der Waals surface area (Å²) in [7, 11) is 0. The monoisotopic (exact) mass is 267 g/mol. The average molecular weight is 267 g/mol. The quantitative estimate of drug-likeness (QED) is 0.842. The van der Waals surface area contributed by atoms with Crippen molar-refractivity contribution in [3.63, 3.8) is 0 Å². The lowest BCUT2D eigenvalue weighted by Gasteiger charge is -2.06. The van der Waals surface area contributed by atoms with E-state index in [2.05, 4.69) is 15.3 Å². The van der Waals surface area contributed by atoms with E-state index in [4.69, 9.17) is 0 Å². The maximum atomic E-state index is 12.1. The topological polar surface area (TPSA) is 37.8 Å². The Kier molecular flexibility index (Phi) is 4.46. The molecule has 1 aromatic carbocycles. The summed E-state index contributed by atoms with van der Waals surface area (Å²) in [5.41, 5.74) is 1.83. The first kappa shape index (κ1) is 12.8. The molecule has 2 aromatic rings. The van der Waals surface area contributed by atoms with E-state index in [9.17, 15) is 8.78 Å². The van der Waals surface area contributed by atoms with Crippen LogP contribution >= 0.6 is 11.8 Å². The number of halogens is 2. The minimum atomic E-state index is -2.38. The molecular formula is C12H11F2N3S. The van der Waals surface area contributed by atoms with Gasteiger partial charge in [-0.2, -0.15) is 8.78 Å². The van der Waals surface area contributed by atoms with Crippen molar-refractivity contribution in [2.75, 3.05) is 5.32 Å². The van der Waals surface area contributed by atoms with Crippen molar-refractivity contribution in [1.82, 2.24) is 9.97 Å². The van der Waals surface area contributed by atoms with Crippen LogP contribution in [0.2, 0.25) is 0 Å². The summed E-state index contributed by atoms with van der Waals surface area (Å²) in [5.74, 6) is -2.38. The first-order chi connectivity index (χ1) is 8.74. The third-order valence-electron chi connectivity index (χ3n) is 2.19. The van der Waals surface area contributed by atoms with Crippen LogP contribution in [0.25, 0.3) is 0 Å². The molecule has 0 fully saturated rings. The van der Waals surface area contributed by atoms with Gasteiger partial charge in [0.2, 0.25) is 0 Å². The van der Waals surface area contributed by atoms with Crippen LogP contribution in [0.1, 0.15) is 5.56 Å². The van der Waals surface area contributed by atoms with Gasteiger partial charge in [-0.1, -0.05) is 11.8 Å². The van der Waals surface area contributed by atoms with Crippen LogP contribution in [-0.4, -0.2) is 15.7 Å². The molecule has 94 valence electrons. The van der Waals surface area contributed by atoms with Gasteiger partial charge >= 0.3 is 0 Å². The molecule has 6 heteroatoms. The molecule has 0 radical (unpaired) electrons. The zero-order chi connectivity index (χ0) is 12.8. The molecular weight excluding hydrogens is 256 g/mol. The van der Waals surface area contributed by atoms with E-state index in [0.29, 0.717) is 23.2 Å². The van der Waals surface area contributed by atoms with Crippen molar-refractivity contribution in [3.8, 4) is 0 Å². The van der Waals surface area contributed by atoms with E-state index >= 15 is 0 Å². The van der Waals surface area contributed by atoms with Crippen molar-refractivity contribution < 1.29 is 8.78 Å². The van der Waals surface area contributed by atoms with Crippen LogP contribution < -0.4 is 5.32 Å². The van der Waals surface area contributed by atoms with Gasteiger partial charge in [-0.15, -0.1) is 0 Å². The Hall–Kier alpha value is -1.69.